The Balaban J connectivity index is 2.43. The Kier molecular flexibility index (Phi) is 3.65. The van der Waals surface area contributed by atoms with Crippen LogP contribution in [0.4, 0.5) is 0 Å². The first kappa shape index (κ1) is 11.6. The molecule has 6 nitrogen and oxygen atoms in total. The molecule has 8 heteroatoms. The van der Waals surface area contributed by atoms with E-state index in [9.17, 15) is 8.42 Å². The second-order valence-corrected chi connectivity index (χ2v) is 5.21. The van der Waals surface area contributed by atoms with E-state index in [4.69, 9.17) is 10.9 Å². The van der Waals surface area contributed by atoms with E-state index < -0.39 is 10.2 Å². The van der Waals surface area contributed by atoms with E-state index in [0.29, 0.717) is 25.9 Å². The molecule has 1 aliphatic heterocycles. The highest BCUT2D eigenvalue weighted by atomic mass is 32.2. The van der Waals surface area contributed by atoms with Crippen molar-refractivity contribution < 1.29 is 8.42 Å². The monoisotopic (exact) mass is 238 g/mol. The molecule has 0 bridgehead atoms. The van der Waals surface area contributed by atoms with Crippen molar-refractivity contribution in [1.82, 2.24) is 9.62 Å². The molecule has 0 saturated carbocycles. The van der Waals surface area contributed by atoms with Crippen LogP contribution in [0.25, 0.3) is 0 Å². The molecular weight excluding hydrogens is 224 g/mol. The van der Waals surface area contributed by atoms with Gasteiger partial charge in [-0.15, -0.1) is 0 Å². The lowest BCUT2D eigenvalue weighted by atomic mass is 10.1. The Morgan fingerprint density at radius 2 is 1.93 bits per heavy atom. The first-order valence-corrected chi connectivity index (χ1v) is 6.14. The van der Waals surface area contributed by atoms with Crippen LogP contribution in [0.1, 0.15) is 12.8 Å². The zero-order valence-corrected chi connectivity index (χ0v) is 9.27. The van der Waals surface area contributed by atoms with Crippen molar-refractivity contribution in [3.05, 3.63) is 0 Å². The molecule has 0 aliphatic carbocycles. The summed E-state index contributed by atoms with van der Waals surface area (Å²) in [4.78, 5) is 0. The second-order valence-electron chi connectivity index (χ2n) is 3.23. The molecule has 0 atom stereocenters. The summed E-state index contributed by atoms with van der Waals surface area (Å²) in [6, 6.07) is 0.158. The van der Waals surface area contributed by atoms with Crippen LogP contribution in [-0.2, 0) is 10.2 Å². The SMILES string of the molecule is NC(=S)NC1CCN(S(N)(=O)=O)CC1. The first-order chi connectivity index (χ1) is 6.39. The van der Waals surface area contributed by atoms with Crippen molar-refractivity contribution in [3.8, 4) is 0 Å². The van der Waals surface area contributed by atoms with E-state index in [-0.39, 0.29) is 11.2 Å². The van der Waals surface area contributed by atoms with Gasteiger partial charge in [-0.1, -0.05) is 0 Å². The fraction of sp³-hybridized carbons (Fsp3) is 0.833. The zero-order chi connectivity index (χ0) is 10.8. The summed E-state index contributed by atoms with van der Waals surface area (Å²) in [5.74, 6) is 0. The van der Waals surface area contributed by atoms with Gasteiger partial charge in [-0.2, -0.15) is 12.7 Å². The Hall–Kier alpha value is -0.440. The standard InChI is InChI=1S/C6H14N4O2S2/c7-6(13)9-5-1-3-10(4-2-5)14(8,11)12/h5H,1-4H2,(H3,7,9,13)(H2,8,11,12). The molecule has 14 heavy (non-hydrogen) atoms. The summed E-state index contributed by atoms with van der Waals surface area (Å²) >= 11 is 4.69. The minimum absolute atomic E-state index is 0.158. The highest BCUT2D eigenvalue weighted by Gasteiger charge is 2.25. The third-order valence-corrected chi connectivity index (χ3v) is 3.36. The summed E-state index contributed by atoms with van der Waals surface area (Å²) in [5, 5.41) is 8.13. The van der Waals surface area contributed by atoms with E-state index in [1.807, 2.05) is 0 Å². The first-order valence-electron chi connectivity index (χ1n) is 4.23. The number of piperidine rings is 1. The minimum Gasteiger partial charge on any atom is -0.376 e. The molecule has 1 heterocycles. The predicted octanol–water partition coefficient (Wildman–Crippen LogP) is -1.51. The molecule has 0 radical (unpaired) electrons. The molecule has 0 spiro atoms. The van der Waals surface area contributed by atoms with E-state index in [2.05, 4.69) is 17.5 Å². The highest BCUT2D eigenvalue weighted by Crippen LogP contribution is 2.11. The minimum atomic E-state index is -3.54. The van der Waals surface area contributed by atoms with Crippen LogP contribution in [0.15, 0.2) is 0 Å². The van der Waals surface area contributed by atoms with Gasteiger partial charge in [0.25, 0.3) is 10.2 Å². The van der Waals surface area contributed by atoms with Gasteiger partial charge in [0.1, 0.15) is 0 Å². The van der Waals surface area contributed by atoms with Gasteiger partial charge < -0.3 is 11.1 Å². The molecular formula is C6H14N4O2S2. The van der Waals surface area contributed by atoms with Gasteiger partial charge in [0.2, 0.25) is 0 Å². The van der Waals surface area contributed by atoms with Crippen LogP contribution in [0, 0.1) is 0 Å². The second kappa shape index (κ2) is 4.39. The zero-order valence-electron chi connectivity index (χ0n) is 7.64. The van der Waals surface area contributed by atoms with Crippen LogP contribution in [0.2, 0.25) is 0 Å². The van der Waals surface area contributed by atoms with E-state index in [0.717, 1.165) is 0 Å². The van der Waals surface area contributed by atoms with E-state index in [1.165, 1.54) is 4.31 Å². The lowest BCUT2D eigenvalue weighted by Crippen LogP contribution is -2.49. The van der Waals surface area contributed by atoms with Gasteiger partial charge in [-0.05, 0) is 25.1 Å². The summed E-state index contributed by atoms with van der Waals surface area (Å²) in [5.41, 5.74) is 5.31. The quantitative estimate of drug-likeness (QED) is 0.508. The van der Waals surface area contributed by atoms with Gasteiger partial charge in [0.15, 0.2) is 5.11 Å². The third kappa shape index (κ3) is 3.37. The number of rotatable bonds is 2. The molecule has 0 aromatic rings. The number of nitrogens with zero attached hydrogens (tertiary/aromatic N) is 1. The van der Waals surface area contributed by atoms with Crippen LogP contribution in [-0.4, -0.2) is 37.0 Å². The molecule has 1 rings (SSSR count). The Bertz CT molecular complexity index is 308. The fourth-order valence-electron chi connectivity index (χ4n) is 1.46. The highest BCUT2D eigenvalue weighted by molar-refractivity contribution is 7.86. The maximum absolute atomic E-state index is 10.9. The lowest BCUT2D eigenvalue weighted by Gasteiger charge is -2.30. The predicted molar refractivity (Wildman–Crippen MR) is 57.6 cm³/mol. The fourth-order valence-corrected chi connectivity index (χ4v) is 2.34. The van der Waals surface area contributed by atoms with Crippen LogP contribution < -0.4 is 16.2 Å². The number of hydrogen-bond donors (Lipinski definition) is 3. The van der Waals surface area contributed by atoms with E-state index >= 15 is 0 Å². The number of nitrogens with one attached hydrogen (secondary N) is 1. The molecule has 1 saturated heterocycles. The van der Waals surface area contributed by atoms with Crippen molar-refractivity contribution >= 4 is 27.5 Å². The van der Waals surface area contributed by atoms with Crippen molar-refractivity contribution in [2.45, 2.75) is 18.9 Å². The van der Waals surface area contributed by atoms with Crippen molar-refractivity contribution in [2.75, 3.05) is 13.1 Å². The summed E-state index contributed by atoms with van der Waals surface area (Å²) in [6.07, 6.45) is 1.35. The molecule has 82 valence electrons. The van der Waals surface area contributed by atoms with Gasteiger partial charge in [0, 0.05) is 19.1 Å². The van der Waals surface area contributed by atoms with Gasteiger partial charge >= 0.3 is 0 Å². The van der Waals surface area contributed by atoms with Crippen LogP contribution in [0.5, 0.6) is 0 Å². The molecule has 0 aromatic heterocycles. The molecule has 0 unspecified atom stereocenters. The van der Waals surface area contributed by atoms with Crippen molar-refractivity contribution in [3.63, 3.8) is 0 Å². The topological polar surface area (TPSA) is 101 Å². The maximum atomic E-state index is 10.9. The van der Waals surface area contributed by atoms with Crippen LogP contribution >= 0.6 is 12.2 Å². The molecule has 1 aliphatic rings. The Morgan fingerprint density at radius 1 is 1.43 bits per heavy atom. The van der Waals surface area contributed by atoms with Gasteiger partial charge in [-0.25, -0.2) is 5.14 Å². The maximum Gasteiger partial charge on any atom is 0.276 e. The average Bonchev–Trinajstić information content (AvgIpc) is 2.02. The van der Waals surface area contributed by atoms with Gasteiger partial charge in [-0.3, -0.25) is 0 Å². The van der Waals surface area contributed by atoms with Crippen molar-refractivity contribution in [1.29, 1.82) is 0 Å². The lowest BCUT2D eigenvalue weighted by molar-refractivity contribution is 0.308. The molecule has 0 aromatic carbocycles. The normalized spacial score (nSPS) is 20.6. The number of thiocarbonyl (C=S) groups is 1. The summed E-state index contributed by atoms with van der Waals surface area (Å²) < 4.78 is 23.2. The van der Waals surface area contributed by atoms with Crippen LogP contribution in [0.3, 0.4) is 0 Å². The molecule has 1 fully saturated rings. The largest absolute Gasteiger partial charge is 0.376 e. The Morgan fingerprint density at radius 3 is 2.29 bits per heavy atom. The summed E-state index contributed by atoms with van der Waals surface area (Å²) in [6.45, 7) is 0.832. The van der Waals surface area contributed by atoms with Gasteiger partial charge in [0.05, 0.1) is 0 Å². The van der Waals surface area contributed by atoms with Crippen molar-refractivity contribution in [2.24, 2.45) is 10.9 Å². The summed E-state index contributed by atoms with van der Waals surface area (Å²) in [7, 11) is -3.54. The Labute approximate surface area is 88.8 Å². The number of hydrogen-bond acceptors (Lipinski definition) is 3. The van der Waals surface area contributed by atoms with E-state index in [1.54, 1.807) is 0 Å². The number of nitrogens with two attached hydrogens (primary N) is 2. The third-order valence-electron chi connectivity index (χ3n) is 2.16. The molecule has 5 N–H and O–H groups in total. The average molecular weight is 238 g/mol. The molecule has 0 amide bonds. The smallest absolute Gasteiger partial charge is 0.276 e.